The minimum absolute atomic E-state index is 0.00749. The minimum Gasteiger partial charge on any atom is -0.366 e. The summed E-state index contributed by atoms with van der Waals surface area (Å²) in [4.78, 5) is 25.7. The van der Waals surface area contributed by atoms with Gasteiger partial charge in [-0.2, -0.15) is 0 Å². The van der Waals surface area contributed by atoms with Gasteiger partial charge in [0.25, 0.3) is 11.6 Å². The molecule has 0 spiro atoms. The highest BCUT2D eigenvalue weighted by atomic mass is 16.6. The average molecular weight is 353 g/mol. The summed E-state index contributed by atoms with van der Waals surface area (Å²) < 4.78 is 0. The fourth-order valence-corrected chi connectivity index (χ4v) is 3.32. The first-order valence-electron chi connectivity index (χ1n) is 8.95. The van der Waals surface area contributed by atoms with Crippen molar-refractivity contribution >= 4 is 17.3 Å². The van der Waals surface area contributed by atoms with Crippen LogP contribution in [0.25, 0.3) is 0 Å². The Bertz CT molecular complexity index is 786. The van der Waals surface area contributed by atoms with Gasteiger partial charge in [0.1, 0.15) is 5.69 Å². The van der Waals surface area contributed by atoms with Crippen LogP contribution < -0.4 is 10.2 Å². The molecule has 0 bridgehead atoms. The topological polar surface area (TPSA) is 75.5 Å². The van der Waals surface area contributed by atoms with Crippen molar-refractivity contribution in [3.8, 4) is 0 Å². The average Bonchev–Trinajstić information content (AvgIpc) is 2.68. The van der Waals surface area contributed by atoms with E-state index in [0.717, 1.165) is 37.9 Å². The second-order valence-corrected chi connectivity index (χ2v) is 6.61. The van der Waals surface area contributed by atoms with Crippen molar-refractivity contribution in [2.24, 2.45) is 0 Å². The number of rotatable bonds is 5. The van der Waals surface area contributed by atoms with Gasteiger partial charge in [0.2, 0.25) is 0 Å². The molecule has 1 N–H and O–H groups in total. The summed E-state index contributed by atoms with van der Waals surface area (Å²) in [5, 5.41) is 14.4. The van der Waals surface area contributed by atoms with Crippen LogP contribution >= 0.6 is 0 Å². The van der Waals surface area contributed by atoms with E-state index in [9.17, 15) is 14.9 Å². The predicted molar refractivity (Wildman–Crippen MR) is 101 cm³/mol. The summed E-state index contributed by atoms with van der Waals surface area (Å²) in [5.74, 6) is -0.311. The van der Waals surface area contributed by atoms with Crippen LogP contribution in [-0.2, 0) is 0 Å². The number of piperidine rings is 1. The van der Waals surface area contributed by atoms with Crippen molar-refractivity contribution in [2.75, 3.05) is 18.0 Å². The second-order valence-electron chi connectivity index (χ2n) is 6.61. The van der Waals surface area contributed by atoms with E-state index in [-0.39, 0.29) is 17.6 Å². The largest absolute Gasteiger partial charge is 0.366 e. The van der Waals surface area contributed by atoms with Crippen molar-refractivity contribution in [3.05, 3.63) is 69.8 Å². The molecule has 1 saturated heterocycles. The molecule has 0 aliphatic carbocycles. The molecule has 6 heteroatoms. The SMILES string of the molecule is C[C@@H](NC(=O)c1ccc(N2CCCCC2)c([N+](=O)[O-])c1)c1ccccc1. The van der Waals surface area contributed by atoms with E-state index in [2.05, 4.69) is 5.32 Å². The number of nitrogens with zero attached hydrogens (tertiary/aromatic N) is 2. The van der Waals surface area contributed by atoms with E-state index in [4.69, 9.17) is 0 Å². The fraction of sp³-hybridized carbons (Fsp3) is 0.350. The number of nitro groups is 1. The normalized spacial score (nSPS) is 15.3. The van der Waals surface area contributed by atoms with E-state index in [1.54, 1.807) is 12.1 Å². The third kappa shape index (κ3) is 4.02. The van der Waals surface area contributed by atoms with Gasteiger partial charge >= 0.3 is 0 Å². The molecule has 1 amide bonds. The van der Waals surface area contributed by atoms with Gasteiger partial charge in [-0.1, -0.05) is 30.3 Å². The first kappa shape index (κ1) is 17.9. The lowest BCUT2D eigenvalue weighted by atomic mass is 10.1. The maximum atomic E-state index is 12.5. The minimum atomic E-state index is -0.401. The summed E-state index contributed by atoms with van der Waals surface area (Å²) in [6.45, 7) is 3.53. The Balaban J connectivity index is 1.80. The molecule has 1 fully saturated rings. The Morgan fingerprint density at radius 2 is 1.81 bits per heavy atom. The van der Waals surface area contributed by atoms with Crippen molar-refractivity contribution in [1.82, 2.24) is 5.32 Å². The van der Waals surface area contributed by atoms with Gasteiger partial charge in [0.15, 0.2) is 0 Å². The molecule has 0 radical (unpaired) electrons. The molecule has 1 heterocycles. The van der Waals surface area contributed by atoms with Gasteiger partial charge in [-0.3, -0.25) is 14.9 Å². The molecular formula is C20H23N3O3. The van der Waals surface area contributed by atoms with Crippen LogP contribution in [0.4, 0.5) is 11.4 Å². The van der Waals surface area contributed by atoms with Crippen LogP contribution in [0, 0.1) is 10.1 Å². The summed E-state index contributed by atoms with van der Waals surface area (Å²) in [7, 11) is 0. The van der Waals surface area contributed by atoms with Crippen molar-refractivity contribution in [3.63, 3.8) is 0 Å². The number of anilines is 1. The number of hydrogen-bond donors (Lipinski definition) is 1. The Kier molecular flexibility index (Phi) is 5.51. The van der Waals surface area contributed by atoms with Gasteiger partial charge < -0.3 is 10.2 Å². The van der Waals surface area contributed by atoms with Gasteiger partial charge in [-0.05, 0) is 43.9 Å². The highest BCUT2D eigenvalue weighted by Gasteiger charge is 2.23. The third-order valence-corrected chi connectivity index (χ3v) is 4.78. The summed E-state index contributed by atoms with van der Waals surface area (Å²) >= 11 is 0. The Morgan fingerprint density at radius 1 is 1.12 bits per heavy atom. The predicted octanol–water partition coefficient (Wildman–Crippen LogP) is 4.08. The number of nitro benzene ring substituents is 1. The zero-order chi connectivity index (χ0) is 18.5. The lowest BCUT2D eigenvalue weighted by molar-refractivity contribution is -0.384. The van der Waals surface area contributed by atoms with Gasteiger partial charge in [-0.25, -0.2) is 0 Å². The molecule has 3 rings (SSSR count). The lowest BCUT2D eigenvalue weighted by Gasteiger charge is -2.28. The number of amides is 1. The second kappa shape index (κ2) is 7.99. The molecule has 0 aromatic heterocycles. The number of nitrogens with one attached hydrogen (secondary N) is 1. The van der Waals surface area contributed by atoms with E-state index < -0.39 is 4.92 Å². The zero-order valence-corrected chi connectivity index (χ0v) is 14.9. The number of carbonyl (C=O) groups excluding carboxylic acids is 1. The quantitative estimate of drug-likeness (QED) is 0.649. The van der Waals surface area contributed by atoms with Crippen LogP contribution in [0.5, 0.6) is 0 Å². The smallest absolute Gasteiger partial charge is 0.293 e. The van der Waals surface area contributed by atoms with Gasteiger partial charge in [-0.15, -0.1) is 0 Å². The van der Waals surface area contributed by atoms with Crippen LogP contribution in [0.15, 0.2) is 48.5 Å². The zero-order valence-electron chi connectivity index (χ0n) is 14.9. The molecule has 6 nitrogen and oxygen atoms in total. The summed E-state index contributed by atoms with van der Waals surface area (Å²) in [5.41, 5.74) is 1.88. The van der Waals surface area contributed by atoms with Crippen molar-refractivity contribution < 1.29 is 9.72 Å². The number of benzene rings is 2. The molecule has 1 aliphatic heterocycles. The van der Waals surface area contributed by atoms with Crippen LogP contribution in [0.3, 0.4) is 0 Å². The van der Waals surface area contributed by atoms with Crippen LogP contribution in [-0.4, -0.2) is 23.9 Å². The van der Waals surface area contributed by atoms with E-state index >= 15 is 0 Å². The Morgan fingerprint density at radius 3 is 2.46 bits per heavy atom. The molecular weight excluding hydrogens is 330 g/mol. The number of hydrogen-bond acceptors (Lipinski definition) is 4. The van der Waals surface area contributed by atoms with Gasteiger partial charge in [0.05, 0.1) is 11.0 Å². The van der Waals surface area contributed by atoms with Crippen LogP contribution in [0.2, 0.25) is 0 Å². The summed E-state index contributed by atoms with van der Waals surface area (Å²) in [6.07, 6.45) is 3.23. The molecule has 0 unspecified atom stereocenters. The molecule has 1 aliphatic rings. The standard InChI is InChI=1S/C20H23N3O3/c1-15(16-8-4-2-5-9-16)21-20(24)17-10-11-18(19(14-17)23(25)26)22-12-6-3-7-13-22/h2,4-5,8-11,14-15H,3,6-7,12-13H2,1H3,(H,21,24)/t15-/m1/s1. The monoisotopic (exact) mass is 353 g/mol. The highest BCUT2D eigenvalue weighted by Crippen LogP contribution is 2.31. The summed E-state index contributed by atoms with van der Waals surface area (Å²) in [6, 6.07) is 14.2. The number of carbonyl (C=O) groups is 1. The molecule has 26 heavy (non-hydrogen) atoms. The highest BCUT2D eigenvalue weighted by molar-refractivity contribution is 5.96. The van der Waals surface area contributed by atoms with Gasteiger partial charge in [0, 0.05) is 24.7 Å². The fourth-order valence-electron chi connectivity index (χ4n) is 3.32. The Labute approximate surface area is 153 Å². The van der Waals surface area contributed by atoms with Crippen molar-refractivity contribution in [2.45, 2.75) is 32.2 Å². The molecule has 2 aromatic rings. The van der Waals surface area contributed by atoms with Crippen LogP contribution in [0.1, 0.15) is 48.1 Å². The first-order valence-corrected chi connectivity index (χ1v) is 8.95. The van der Waals surface area contributed by atoms with E-state index in [1.807, 2.05) is 42.2 Å². The van der Waals surface area contributed by atoms with Crippen molar-refractivity contribution in [1.29, 1.82) is 0 Å². The van der Waals surface area contributed by atoms with E-state index in [1.165, 1.54) is 6.07 Å². The molecule has 1 atom stereocenters. The van der Waals surface area contributed by atoms with E-state index in [0.29, 0.717) is 11.3 Å². The lowest BCUT2D eigenvalue weighted by Crippen LogP contribution is -2.30. The Hall–Kier alpha value is -2.89. The third-order valence-electron chi connectivity index (χ3n) is 4.78. The molecule has 0 saturated carbocycles. The molecule has 136 valence electrons. The maximum Gasteiger partial charge on any atom is 0.293 e. The molecule has 2 aromatic carbocycles. The first-order chi connectivity index (χ1) is 12.6. The maximum absolute atomic E-state index is 12.5.